The number of allylic oxidation sites excluding steroid dienone is 2. The average molecular weight is 171 g/mol. The van der Waals surface area contributed by atoms with E-state index in [1.807, 2.05) is 0 Å². The summed E-state index contributed by atoms with van der Waals surface area (Å²) >= 11 is 3.06. The van der Waals surface area contributed by atoms with Gasteiger partial charge in [0.15, 0.2) is 0 Å². The van der Waals surface area contributed by atoms with Gasteiger partial charge in [0.05, 0.1) is 12.6 Å². The maximum atomic E-state index is 8.10. The van der Waals surface area contributed by atoms with Gasteiger partial charge in [-0.25, -0.2) is 10.1 Å². The monoisotopic (exact) mass is 170 g/mol. The van der Waals surface area contributed by atoms with Crippen LogP contribution in [0.15, 0.2) is 11.8 Å². The lowest BCUT2D eigenvalue weighted by atomic mass is 10.5. The lowest BCUT2D eigenvalue weighted by Crippen LogP contribution is -1.66. The molecule has 0 aromatic carbocycles. The third-order valence-electron chi connectivity index (χ3n) is 0.506. The second-order valence-corrected chi connectivity index (χ2v) is 1.61. The summed E-state index contributed by atoms with van der Waals surface area (Å²) in [6.45, 7) is 6.38. The summed E-state index contributed by atoms with van der Waals surface area (Å²) < 4.78 is 0. The van der Waals surface area contributed by atoms with E-state index in [-0.39, 0.29) is 5.70 Å². The van der Waals surface area contributed by atoms with Gasteiger partial charge in [0.1, 0.15) is 0 Å². The van der Waals surface area contributed by atoms with Crippen LogP contribution in [0.25, 0.3) is 4.85 Å². The molecule has 3 heteroatoms. The topological polar surface area (TPSA) is 28.1 Å². The standard InChI is InChI=1S/C5H3BrN2/c1-8-5(4-7)2-3-6/h2H,3H2/b5-2+. The van der Waals surface area contributed by atoms with Crippen molar-refractivity contribution in [3.8, 4) is 6.07 Å². The fraction of sp³-hybridized carbons (Fsp3) is 0.200. The van der Waals surface area contributed by atoms with E-state index in [2.05, 4.69) is 20.8 Å². The zero-order valence-corrected chi connectivity index (χ0v) is 5.64. The highest BCUT2D eigenvalue weighted by molar-refractivity contribution is 9.09. The summed E-state index contributed by atoms with van der Waals surface area (Å²) in [5.74, 6) is 0. The van der Waals surface area contributed by atoms with Crippen LogP contribution in [0.3, 0.4) is 0 Å². The summed E-state index contributed by atoms with van der Waals surface area (Å²) in [7, 11) is 0. The first-order valence-electron chi connectivity index (χ1n) is 1.89. The molecule has 0 rings (SSSR count). The largest absolute Gasteiger partial charge is 0.258 e. The molecule has 0 radical (unpaired) electrons. The number of rotatable bonds is 1. The quantitative estimate of drug-likeness (QED) is 0.335. The molecule has 0 atom stereocenters. The van der Waals surface area contributed by atoms with Crippen LogP contribution in [-0.2, 0) is 0 Å². The number of nitriles is 1. The van der Waals surface area contributed by atoms with Crippen molar-refractivity contribution in [2.45, 2.75) is 0 Å². The van der Waals surface area contributed by atoms with Gasteiger partial charge in [0, 0.05) is 5.33 Å². The molecule has 0 aliphatic carbocycles. The van der Waals surface area contributed by atoms with Crippen molar-refractivity contribution in [3.63, 3.8) is 0 Å². The Morgan fingerprint density at radius 3 is 2.75 bits per heavy atom. The van der Waals surface area contributed by atoms with Crippen LogP contribution in [0.2, 0.25) is 0 Å². The van der Waals surface area contributed by atoms with E-state index in [0.717, 1.165) is 0 Å². The van der Waals surface area contributed by atoms with E-state index in [9.17, 15) is 0 Å². The Hall–Kier alpha value is -0.800. The Morgan fingerprint density at radius 2 is 2.62 bits per heavy atom. The molecule has 0 spiro atoms. The van der Waals surface area contributed by atoms with Gasteiger partial charge in [-0.1, -0.05) is 22.0 Å². The summed E-state index contributed by atoms with van der Waals surface area (Å²) in [4.78, 5) is 2.92. The highest BCUT2D eigenvalue weighted by Gasteiger charge is 1.85. The first kappa shape index (κ1) is 7.20. The van der Waals surface area contributed by atoms with Gasteiger partial charge in [-0.15, -0.1) is 0 Å². The molecule has 0 heterocycles. The summed E-state index contributed by atoms with van der Waals surface area (Å²) in [6.07, 6.45) is 1.52. The second kappa shape index (κ2) is 4.36. The number of hydrogen-bond acceptors (Lipinski definition) is 1. The molecule has 2 nitrogen and oxygen atoms in total. The van der Waals surface area contributed by atoms with Crippen molar-refractivity contribution >= 4 is 15.9 Å². The van der Waals surface area contributed by atoms with E-state index in [1.54, 1.807) is 6.07 Å². The SMILES string of the molecule is [C-]#[N+]/C(C#N)=C/CBr. The molecule has 0 aliphatic heterocycles. The fourth-order valence-electron chi connectivity index (χ4n) is 0.189. The summed E-state index contributed by atoms with van der Waals surface area (Å²) in [5.41, 5.74) is 0.141. The molecule has 8 heavy (non-hydrogen) atoms. The first-order chi connectivity index (χ1) is 3.85. The minimum Gasteiger partial charge on any atom is -0.227 e. The predicted octanol–water partition coefficient (Wildman–Crippen LogP) is 1.71. The minimum absolute atomic E-state index is 0.141. The number of halogens is 1. The lowest BCUT2D eigenvalue weighted by Gasteiger charge is -1.74. The molecule has 0 aromatic heterocycles. The van der Waals surface area contributed by atoms with Gasteiger partial charge in [0.25, 0.3) is 5.70 Å². The molecule has 40 valence electrons. The predicted molar refractivity (Wildman–Crippen MR) is 34.1 cm³/mol. The van der Waals surface area contributed by atoms with Crippen LogP contribution in [0, 0.1) is 17.9 Å². The smallest absolute Gasteiger partial charge is 0.227 e. The normalized spacial score (nSPS) is 9.62. The molecule has 0 bridgehead atoms. The molecular weight excluding hydrogens is 168 g/mol. The maximum absolute atomic E-state index is 8.10. The zero-order valence-electron chi connectivity index (χ0n) is 4.06. The lowest BCUT2D eigenvalue weighted by molar-refractivity contribution is 1.49. The minimum atomic E-state index is 0.141. The van der Waals surface area contributed by atoms with E-state index < -0.39 is 0 Å². The van der Waals surface area contributed by atoms with E-state index in [1.165, 1.54) is 6.08 Å². The van der Waals surface area contributed by atoms with Crippen molar-refractivity contribution in [1.82, 2.24) is 0 Å². The molecule has 0 amide bonds. The summed E-state index contributed by atoms with van der Waals surface area (Å²) in [6, 6.07) is 1.73. The number of alkyl halides is 1. The molecule has 0 saturated carbocycles. The van der Waals surface area contributed by atoms with Gasteiger partial charge in [0.2, 0.25) is 0 Å². The molecular formula is C5H3BrN2. The number of nitrogens with zero attached hydrogens (tertiary/aromatic N) is 2. The van der Waals surface area contributed by atoms with Crippen molar-refractivity contribution < 1.29 is 0 Å². The van der Waals surface area contributed by atoms with Gasteiger partial charge in [-0.05, 0) is 0 Å². The average Bonchev–Trinajstić information content (AvgIpc) is 1.83. The van der Waals surface area contributed by atoms with Gasteiger partial charge in [-0.3, -0.25) is 0 Å². The van der Waals surface area contributed by atoms with Crippen molar-refractivity contribution in [2.75, 3.05) is 5.33 Å². The third-order valence-corrected chi connectivity index (χ3v) is 0.829. The molecule has 0 N–H and O–H groups in total. The summed E-state index contributed by atoms with van der Waals surface area (Å²) in [5, 5.41) is 8.67. The Morgan fingerprint density at radius 1 is 2.00 bits per heavy atom. The second-order valence-electron chi connectivity index (χ2n) is 0.967. The van der Waals surface area contributed by atoms with Crippen molar-refractivity contribution in [1.29, 1.82) is 5.26 Å². The highest BCUT2D eigenvalue weighted by atomic mass is 79.9. The van der Waals surface area contributed by atoms with Crippen LogP contribution in [0.5, 0.6) is 0 Å². The molecule has 0 saturated heterocycles. The van der Waals surface area contributed by atoms with E-state index >= 15 is 0 Å². The maximum Gasteiger partial charge on any atom is 0.258 e. The zero-order chi connectivity index (χ0) is 6.41. The van der Waals surface area contributed by atoms with Crippen molar-refractivity contribution in [2.24, 2.45) is 0 Å². The van der Waals surface area contributed by atoms with Crippen LogP contribution in [0.1, 0.15) is 0 Å². The van der Waals surface area contributed by atoms with E-state index in [0.29, 0.717) is 5.33 Å². The molecule has 0 aromatic rings. The molecule has 0 fully saturated rings. The van der Waals surface area contributed by atoms with Crippen LogP contribution < -0.4 is 0 Å². The third kappa shape index (κ3) is 2.39. The molecule has 0 unspecified atom stereocenters. The Balaban J connectivity index is 3.99. The fourth-order valence-corrected chi connectivity index (χ4v) is 0.496. The van der Waals surface area contributed by atoms with Crippen LogP contribution >= 0.6 is 15.9 Å². The van der Waals surface area contributed by atoms with Gasteiger partial charge < -0.3 is 0 Å². The first-order valence-corrected chi connectivity index (χ1v) is 3.01. The van der Waals surface area contributed by atoms with Crippen molar-refractivity contribution in [3.05, 3.63) is 23.2 Å². The Labute approximate surface area is 56.4 Å². The highest BCUT2D eigenvalue weighted by Crippen LogP contribution is 1.94. The van der Waals surface area contributed by atoms with Gasteiger partial charge in [-0.2, -0.15) is 0 Å². The van der Waals surface area contributed by atoms with Crippen LogP contribution in [-0.4, -0.2) is 5.33 Å². The van der Waals surface area contributed by atoms with Gasteiger partial charge >= 0.3 is 0 Å². The Bertz CT molecular complexity index is 154. The van der Waals surface area contributed by atoms with E-state index in [4.69, 9.17) is 11.8 Å². The Kier molecular flexibility index (Phi) is 3.93. The van der Waals surface area contributed by atoms with Crippen LogP contribution in [0.4, 0.5) is 0 Å². The molecule has 0 aliphatic rings. The number of hydrogen-bond donors (Lipinski definition) is 0.